The average molecular weight is 201 g/mol. The molecule has 1 rings (SSSR count). The number of nitriles is 1. The summed E-state index contributed by atoms with van der Waals surface area (Å²) in [6.07, 6.45) is 6.71. The first-order valence-electron chi connectivity index (χ1n) is 4.30. The molecule has 5 nitrogen and oxygen atoms in total. The second kappa shape index (κ2) is 5.40. The van der Waals surface area contributed by atoms with E-state index in [1.807, 2.05) is 6.19 Å². The smallest absolute Gasteiger partial charge is 0.210 e. The van der Waals surface area contributed by atoms with E-state index in [9.17, 15) is 0 Å². The van der Waals surface area contributed by atoms with Crippen molar-refractivity contribution in [2.75, 3.05) is 6.54 Å². The minimum Gasteiger partial charge on any atom is -0.369 e. The molecule has 76 valence electrons. The van der Waals surface area contributed by atoms with Gasteiger partial charge in [-0.3, -0.25) is 4.98 Å². The van der Waals surface area contributed by atoms with Crippen LogP contribution in [0.3, 0.4) is 0 Å². The van der Waals surface area contributed by atoms with Gasteiger partial charge >= 0.3 is 0 Å². The van der Waals surface area contributed by atoms with E-state index < -0.39 is 0 Å². The predicted octanol–water partition coefficient (Wildman–Crippen LogP) is 0.997. The first-order chi connectivity index (χ1) is 7.27. The highest BCUT2D eigenvalue weighted by Gasteiger charge is 2.03. The Morgan fingerprint density at radius 2 is 2.33 bits per heavy atom. The highest BCUT2D eigenvalue weighted by Crippen LogP contribution is 2.08. The topological polar surface area (TPSA) is 78.3 Å². The average Bonchev–Trinajstić information content (AvgIpc) is 2.27. The van der Waals surface area contributed by atoms with E-state index in [0.29, 0.717) is 12.2 Å². The lowest BCUT2D eigenvalue weighted by atomic mass is 10.4. The monoisotopic (exact) mass is 201 g/mol. The summed E-state index contributed by atoms with van der Waals surface area (Å²) in [5.41, 5.74) is 6.29. The Kier molecular flexibility index (Phi) is 3.86. The van der Waals surface area contributed by atoms with Gasteiger partial charge in [0.1, 0.15) is 0 Å². The van der Waals surface area contributed by atoms with E-state index in [1.165, 1.54) is 4.90 Å². The molecular weight excluding hydrogens is 190 g/mol. The first-order valence-corrected chi connectivity index (χ1v) is 4.30. The molecule has 0 atom stereocenters. The van der Waals surface area contributed by atoms with Crippen LogP contribution in [0.2, 0.25) is 0 Å². The number of hydrogen-bond acceptors (Lipinski definition) is 3. The van der Waals surface area contributed by atoms with Crippen molar-refractivity contribution in [1.29, 1.82) is 5.26 Å². The predicted molar refractivity (Wildman–Crippen MR) is 58.0 cm³/mol. The van der Waals surface area contributed by atoms with Gasteiger partial charge in [-0.1, -0.05) is 6.08 Å². The summed E-state index contributed by atoms with van der Waals surface area (Å²) in [6, 6.07) is 3.41. The van der Waals surface area contributed by atoms with Crippen LogP contribution in [0.1, 0.15) is 0 Å². The lowest BCUT2D eigenvalue weighted by molar-refractivity contribution is 0.636. The summed E-state index contributed by atoms with van der Waals surface area (Å²) in [4.78, 5) is 9.15. The van der Waals surface area contributed by atoms with Gasteiger partial charge in [-0.15, -0.1) is 6.58 Å². The molecule has 0 aliphatic rings. The third-order valence-electron chi connectivity index (χ3n) is 1.62. The quantitative estimate of drug-likeness (QED) is 0.260. The fourth-order valence-electron chi connectivity index (χ4n) is 0.926. The Balaban J connectivity index is 2.83. The minimum atomic E-state index is 0.142. The van der Waals surface area contributed by atoms with Crippen molar-refractivity contribution in [3.63, 3.8) is 0 Å². The van der Waals surface area contributed by atoms with Crippen LogP contribution in [0, 0.1) is 11.5 Å². The Hall–Kier alpha value is -2.35. The lowest BCUT2D eigenvalue weighted by Crippen LogP contribution is -2.33. The molecule has 1 heterocycles. The van der Waals surface area contributed by atoms with Crippen LogP contribution >= 0.6 is 0 Å². The molecule has 0 saturated heterocycles. The molecule has 0 radical (unpaired) electrons. The normalized spacial score (nSPS) is 10.5. The number of nitrogens with two attached hydrogens (primary N) is 1. The van der Waals surface area contributed by atoms with E-state index in [4.69, 9.17) is 11.0 Å². The van der Waals surface area contributed by atoms with Crippen molar-refractivity contribution in [2.24, 2.45) is 10.7 Å². The van der Waals surface area contributed by atoms with Crippen LogP contribution in [-0.2, 0) is 0 Å². The molecule has 0 spiro atoms. The third-order valence-corrected chi connectivity index (χ3v) is 1.62. The zero-order valence-corrected chi connectivity index (χ0v) is 8.17. The number of rotatable bonds is 3. The van der Waals surface area contributed by atoms with Crippen molar-refractivity contribution in [2.45, 2.75) is 0 Å². The number of pyridine rings is 1. The Morgan fingerprint density at radius 1 is 1.67 bits per heavy atom. The van der Waals surface area contributed by atoms with Gasteiger partial charge in [-0.05, 0) is 12.1 Å². The second-order valence-corrected chi connectivity index (χ2v) is 2.67. The molecule has 0 aliphatic heterocycles. The molecule has 0 saturated carbocycles. The van der Waals surface area contributed by atoms with Gasteiger partial charge in [0.25, 0.3) is 0 Å². The van der Waals surface area contributed by atoms with Crippen molar-refractivity contribution < 1.29 is 0 Å². The van der Waals surface area contributed by atoms with Crippen molar-refractivity contribution in [1.82, 2.24) is 9.88 Å². The molecule has 0 aliphatic carbocycles. The summed E-state index contributed by atoms with van der Waals surface area (Å²) in [6.45, 7) is 3.87. The number of guanidine groups is 1. The van der Waals surface area contributed by atoms with E-state index in [2.05, 4.69) is 16.6 Å². The van der Waals surface area contributed by atoms with Crippen LogP contribution in [-0.4, -0.2) is 22.4 Å². The molecule has 15 heavy (non-hydrogen) atoms. The summed E-state index contributed by atoms with van der Waals surface area (Å²) in [5, 5.41) is 8.76. The molecule has 0 bridgehead atoms. The van der Waals surface area contributed by atoms with Gasteiger partial charge in [-0.2, -0.15) is 5.26 Å². The first kappa shape index (κ1) is 10.7. The van der Waals surface area contributed by atoms with E-state index in [1.54, 1.807) is 30.6 Å². The maximum atomic E-state index is 8.76. The molecule has 1 aromatic rings. The van der Waals surface area contributed by atoms with Crippen molar-refractivity contribution in [3.8, 4) is 6.19 Å². The van der Waals surface area contributed by atoms with E-state index in [0.717, 1.165) is 0 Å². The van der Waals surface area contributed by atoms with Gasteiger partial charge in [-0.25, -0.2) is 9.89 Å². The van der Waals surface area contributed by atoms with Crippen LogP contribution in [0.25, 0.3) is 0 Å². The Morgan fingerprint density at radius 3 is 2.87 bits per heavy atom. The molecule has 0 fully saturated rings. The van der Waals surface area contributed by atoms with Crippen molar-refractivity contribution >= 4 is 11.6 Å². The fourth-order valence-corrected chi connectivity index (χ4v) is 0.926. The maximum Gasteiger partial charge on any atom is 0.210 e. The van der Waals surface area contributed by atoms with Gasteiger partial charge in [0.05, 0.1) is 12.2 Å². The summed E-state index contributed by atoms with van der Waals surface area (Å²) >= 11 is 0. The molecule has 5 heteroatoms. The van der Waals surface area contributed by atoms with Gasteiger partial charge in [0, 0.05) is 12.4 Å². The second-order valence-electron chi connectivity index (χ2n) is 2.67. The molecule has 0 amide bonds. The lowest BCUT2D eigenvalue weighted by Gasteiger charge is -2.11. The zero-order chi connectivity index (χ0) is 11.1. The SMILES string of the molecule is C=CCN(C#N)C(N)=Nc1ccncc1. The maximum absolute atomic E-state index is 8.76. The Labute approximate surface area is 88.2 Å². The van der Waals surface area contributed by atoms with Crippen LogP contribution in [0.4, 0.5) is 5.69 Å². The highest BCUT2D eigenvalue weighted by atomic mass is 15.2. The molecular formula is C10H11N5. The van der Waals surface area contributed by atoms with Crippen LogP contribution in [0.5, 0.6) is 0 Å². The number of nitrogens with zero attached hydrogens (tertiary/aromatic N) is 4. The van der Waals surface area contributed by atoms with Gasteiger partial charge in [0.15, 0.2) is 6.19 Å². The minimum absolute atomic E-state index is 0.142. The summed E-state index contributed by atoms with van der Waals surface area (Å²) < 4.78 is 0. The van der Waals surface area contributed by atoms with Gasteiger partial charge < -0.3 is 5.73 Å². The molecule has 0 aromatic carbocycles. The summed E-state index contributed by atoms with van der Waals surface area (Å²) in [5.74, 6) is 0.142. The highest BCUT2D eigenvalue weighted by molar-refractivity contribution is 5.82. The zero-order valence-electron chi connectivity index (χ0n) is 8.17. The molecule has 0 unspecified atom stereocenters. The van der Waals surface area contributed by atoms with E-state index in [-0.39, 0.29) is 5.96 Å². The number of hydrogen-bond donors (Lipinski definition) is 1. The van der Waals surface area contributed by atoms with Gasteiger partial charge in [0.2, 0.25) is 5.96 Å². The number of aliphatic imine (C=N–C) groups is 1. The summed E-state index contributed by atoms with van der Waals surface area (Å²) in [7, 11) is 0. The molecule has 2 N–H and O–H groups in total. The van der Waals surface area contributed by atoms with Crippen molar-refractivity contribution in [3.05, 3.63) is 37.2 Å². The standard InChI is InChI=1S/C10H11N5/c1-2-7-15(8-11)10(12)14-9-3-5-13-6-4-9/h2-6H,1,7H2,(H2,12,13,14). The molecule has 1 aromatic heterocycles. The largest absolute Gasteiger partial charge is 0.369 e. The van der Waals surface area contributed by atoms with E-state index >= 15 is 0 Å². The Bertz CT molecular complexity index is 390. The van der Waals surface area contributed by atoms with Crippen LogP contribution < -0.4 is 5.73 Å². The number of aromatic nitrogens is 1. The van der Waals surface area contributed by atoms with Crippen LogP contribution in [0.15, 0.2) is 42.2 Å². The third kappa shape index (κ3) is 3.12. The fraction of sp³-hybridized carbons (Fsp3) is 0.100.